The summed E-state index contributed by atoms with van der Waals surface area (Å²) >= 11 is 0. The Balaban J connectivity index is 1.70. The van der Waals surface area contributed by atoms with Crippen LogP contribution in [0.3, 0.4) is 0 Å². The van der Waals surface area contributed by atoms with Crippen LogP contribution in [-0.2, 0) is 33.3 Å². The molecule has 0 spiro atoms. The number of carbonyl (C=O) groups excluding carboxylic acids is 3. The summed E-state index contributed by atoms with van der Waals surface area (Å²) in [4.78, 5) is 44.2. The first-order valence-electron chi connectivity index (χ1n) is 24.5. The highest BCUT2D eigenvalue weighted by atomic mass is 16.6. The first kappa shape index (κ1) is 54.9. The van der Waals surface area contributed by atoms with E-state index in [1.54, 1.807) is 27.0 Å². The summed E-state index contributed by atoms with van der Waals surface area (Å²) in [5, 5.41) is 57.3. The molecule has 5 N–H and O–H groups in total. The molecule has 2 bridgehead atoms. The van der Waals surface area contributed by atoms with Gasteiger partial charge in [0.2, 0.25) is 5.79 Å². The van der Waals surface area contributed by atoms with Gasteiger partial charge in [0.1, 0.15) is 24.4 Å². The number of carbonyl (C=O) groups is 3. The predicted octanol–water partition coefficient (Wildman–Crippen LogP) is 6.78. The van der Waals surface area contributed by atoms with Crippen molar-refractivity contribution in [2.75, 3.05) is 20.8 Å². The van der Waals surface area contributed by atoms with Crippen molar-refractivity contribution in [2.24, 2.45) is 40.9 Å². The van der Waals surface area contributed by atoms with Gasteiger partial charge in [0.05, 0.1) is 30.5 Å². The minimum absolute atomic E-state index is 0.0437. The van der Waals surface area contributed by atoms with Gasteiger partial charge in [-0.05, 0) is 119 Å². The quantitative estimate of drug-likeness (QED) is 0.111. The zero-order valence-corrected chi connectivity index (χ0v) is 41.4. The van der Waals surface area contributed by atoms with Crippen LogP contribution in [0.1, 0.15) is 139 Å². The first-order chi connectivity index (χ1) is 30.5. The van der Waals surface area contributed by atoms with Crippen molar-refractivity contribution in [3.63, 3.8) is 0 Å². The number of allylic oxidation sites excluding steroid dienone is 6. The van der Waals surface area contributed by atoms with Gasteiger partial charge in [-0.3, -0.25) is 9.59 Å². The summed E-state index contributed by atoms with van der Waals surface area (Å²) < 4.78 is 23.9. The normalized spacial score (nSPS) is 42.3. The Morgan fingerprint density at radius 1 is 0.862 bits per heavy atom. The van der Waals surface area contributed by atoms with Gasteiger partial charge in [0.25, 0.3) is 11.7 Å². The molecule has 370 valence electrons. The summed E-state index contributed by atoms with van der Waals surface area (Å²) in [5.74, 6) is -6.50. The number of rotatable bonds is 5. The Morgan fingerprint density at radius 2 is 1.57 bits per heavy atom. The summed E-state index contributed by atoms with van der Waals surface area (Å²) in [6.45, 7) is 17.6. The van der Waals surface area contributed by atoms with Crippen LogP contribution in [0.4, 0.5) is 0 Å². The van der Waals surface area contributed by atoms with Crippen molar-refractivity contribution in [1.82, 2.24) is 4.90 Å². The Morgan fingerprint density at radius 3 is 2.25 bits per heavy atom. The summed E-state index contributed by atoms with van der Waals surface area (Å²) in [5.41, 5.74) is 1.20. The first-order valence-corrected chi connectivity index (χ1v) is 24.5. The molecule has 0 aromatic carbocycles. The maximum atomic E-state index is 14.4. The molecular weight excluding hydrogens is 831 g/mol. The molecule has 0 aromatic heterocycles. The summed E-state index contributed by atoms with van der Waals surface area (Å²) in [6, 6.07) is -1.09. The summed E-state index contributed by atoms with van der Waals surface area (Å²) in [7, 11) is 3.05. The Bertz CT molecular complexity index is 1690. The van der Waals surface area contributed by atoms with Crippen LogP contribution in [0, 0.1) is 40.9 Å². The number of fused-ring (bicyclic) bond motifs is 3. The second kappa shape index (κ2) is 24.5. The highest BCUT2D eigenvalue weighted by Gasteiger charge is 2.53. The molecule has 3 fully saturated rings. The molecule has 65 heavy (non-hydrogen) atoms. The van der Waals surface area contributed by atoms with Crippen LogP contribution in [0.5, 0.6) is 0 Å². The van der Waals surface area contributed by atoms with Gasteiger partial charge in [0.15, 0.2) is 0 Å². The highest BCUT2D eigenvalue weighted by molar-refractivity contribution is 6.39. The number of aliphatic hydroxyl groups is 5. The number of Topliss-reactive ketones (excluding diaryl/α,β-unsaturated/α-hetero) is 1. The van der Waals surface area contributed by atoms with Crippen molar-refractivity contribution in [1.29, 1.82) is 0 Å². The van der Waals surface area contributed by atoms with Crippen molar-refractivity contribution in [2.45, 2.75) is 200 Å². The zero-order chi connectivity index (χ0) is 48.4. The lowest BCUT2D eigenvalue weighted by molar-refractivity contribution is -0.266. The number of piperidine rings is 1. The van der Waals surface area contributed by atoms with Gasteiger partial charge >= 0.3 is 5.97 Å². The number of cyclic esters (lactones) is 1. The molecule has 13 nitrogen and oxygen atoms in total. The maximum absolute atomic E-state index is 14.4. The van der Waals surface area contributed by atoms with E-state index < -0.39 is 84.1 Å². The zero-order valence-electron chi connectivity index (χ0n) is 41.4. The lowest BCUT2D eigenvalue weighted by Crippen LogP contribution is -2.61. The maximum Gasteiger partial charge on any atom is 0.329 e. The fraction of sp³-hybridized carbons (Fsp3) is 0.788. The van der Waals surface area contributed by atoms with Crippen LogP contribution >= 0.6 is 0 Å². The predicted molar refractivity (Wildman–Crippen MR) is 250 cm³/mol. The van der Waals surface area contributed by atoms with E-state index in [9.17, 15) is 39.9 Å². The number of ketones is 1. The van der Waals surface area contributed by atoms with Gasteiger partial charge in [-0.2, -0.15) is 0 Å². The van der Waals surface area contributed by atoms with E-state index in [0.717, 1.165) is 12.0 Å². The monoisotopic (exact) mass is 916 g/mol. The third kappa shape index (κ3) is 14.4. The van der Waals surface area contributed by atoms with E-state index in [4.69, 9.17) is 18.9 Å². The number of esters is 1. The molecule has 3 aliphatic heterocycles. The van der Waals surface area contributed by atoms with E-state index >= 15 is 0 Å². The minimum Gasteiger partial charge on any atom is -0.460 e. The molecule has 4 rings (SSSR count). The van der Waals surface area contributed by atoms with Gasteiger partial charge in [-0.25, -0.2) is 4.79 Å². The lowest BCUT2D eigenvalue weighted by atomic mass is 9.76. The van der Waals surface area contributed by atoms with E-state index in [2.05, 4.69) is 26.8 Å². The van der Waals surface area contributed by atoms with Crippen LogP contribution in [0.15, 0.2) is 47.6 Å². The van der Waals surface area contributed by atoms with E-state index in [1.165, 1.54) is 12.0 Å². The number of nitrogens with zero attached hydrogens (tertiary/aromatic N) is 1. The van der Waals surface area contributed by atoms with Crippen LogP contribution in [0.25, 0.3) is 0 Å². The third-order valence-electron chi connectivity index (χ3n) is 15.4. The fourth-order valence-electron chi connectivity index (χ4n) is 10.5. The van der Waals surface area contributed by atoms with Crippen LogP contribution < -0.4 is 0 Å². The molecule has 16 atom stereocenters. The molecule has 1 amide bonds. The summed E-state index contributed by atoms with van der Waals surface area (Å²) in [6.07, 6.45) is 11.8. The van der Waals surface area contributed by atoms with E-state index in [0.29, 0.717) is 63.4 Å². The molecular formula is C52H85NO12. The average molecular weight is 916 g/mol. The third-order valence-corrected chi connectivity index (χ3v) is 15.4. The topological polar surface area (TPSA) is 193 Å². The molecule has 13 heteroatoms. The minimum atomic E-state index is -2.37. The molecule has 0 radical (unpaired) electrons. The molecule has 0 aromatic rings. The van der Waals surface area contributed by atoms with Crippen molar-refractivity contribution in [3.8, 4) is 0 Å². The van der Waals surface area contributed by atoms with Crippen molar-refractivity contribution < 1.29 is 58.9 Å². The number of methoxy groups -OCH3 is 2. The second-order valence-electron chi connectivity index (χ2n) is 21.1. The molecule has 1 saturated carbocycles. The number of hydrogen-bond acceptors (Lipinski definition) is 12. The van der Waals surface area contributed by atoms with Crippen molar-refractivity contribution in [3.05, 3.63) is 47.6 Å². The van der Waals surface area contributed by atoms with Gasteiger partial charge in [-0.1, -0.05) is 90.5 Å². The largest absolute Gasteiger partial charge is 0.460 e. The van der Waals surface area contributed by atoms with E-state index in [1.807, 2.05) is 52.0 Å². The molecule has 2 saturated heterocycles. The van der Waals surface area contributed by atoms with Gasteiger partial charge in [-0.15, -0.1) is 0 Å². The molecule has 3 heterocycles. The highest BCUT2D eigenvalue weighted by Crippen LogP contribution is 2.41. The fourth-order valence-corrected chi connectivity index (χ4v) is 10.5. The second-order valence-corrected chi connectivity index (χ2v) is 21.1. The number of aliphatic hydroxyl groups excluding tert-OH is 4. The Hall–Kier alpha value is -2.75. The van der Waals surface area contributed by atoms with Crippen LogP contribution in [0.2, 0.25) is 0 Å². The van der Waals surface area contributed by atoms with Crippen LogP contribution in [-0.4, -0.2) is 130 Å². The number of ether oxygens (including phenoxy) is 4. The van der Waals surface area contributed by atoms with Gasteiger partial charge < -0.3 is 49.4 Å². The molecule has 2 unspecified atom stereocenters. The number of amides is 1. The average Bonchev–Trinajstić information content (AvgIpc) is 3.26. The molecule has 4 aliphatic rings. The smallest absolute Gasteiger partial charge is 0.329 e. The standard InChI is InChI=1S/C52H85NO12/c1-31-17-13-12-14-18-36(6)51(8,9)30-39-22-20-37(7)52(61,65-39)48(58)49(59)53-24-16-15-19-40(53)50(60)64-43(33(3)27-38-21-23-41(54)44(28-38)62-10)29-42(55)32(2)26-35(5)46(57)47(63-11)45(56)34(4)25-31/h12-14,17-18,26,31-34,37-47,54-57,61H,15-16,19-25,27-30H2,1-11H3/b14-12+,17-13+,35-26+,36-18+/t31-,32-,33-,34-,37-,38?,39+,40?,41-,42+,43+,44-,45+,46-,47+,52-/m1/s1. The SMILES string of the molecule is CO[C@H]1[C@@H](O)[C@H](C)C[C@H](C)/C=C/C=C/C=C(\C)C(C)(C)C[C@@H]2CC[C@@H](C)[C@@](O)(O2)C(=O)C(=O)N2CCCCC2C(=O)O[C@H]([C@H](C)CC2CC[C@@H](O)[C@H](OC)C2)C[C@H](O)[C@H](C)/C=C(\C)[C@H]1O. The Labute approximate surface area is 389 Å². The molecule has 1 aliphatic carbocycles. The lowest BCUT2D eigenvalue weighted by Gasteiger charge is -2.44. The Kier molecular flexibility index (Phi) is 20.7. The van der Waals surface area contributed by atoms with E-state index in [-0.39, 0.29) is 54.6 Å². The van der Waals surface area contributed by atoms with Gasteiger partial charge in [0, 0.05) is 39.0 Å². The number of hydrogen-bond donors (Lipinski definition) is 5. The van der Waals surface area contributed by atoms with Crippen molar-refractivity contribution >= 4 is 17.7 Å².